The number of hydrogen-bond donors (Lipinski definition) is 1. The van der Waals surface area contributed by atoms with E-state index in [4.69, 9.17) is 23.8 Å². The fourth-order valence-electron chi connectivity index (χ4n) is 2.33. The molecule has 4 nitrogen and oxygen atoms in total. The summed E-state index contributed by atoms with van der Waals surface area (Å²) in [6.45, 7) is 5.97. The van der Waals surface area contributed by atoms with E-state index in [1.165, 1.54) is 0 Å². The lowest BCUT2D eigenvalue weighted by atomic mass is 10.3. The second-order valence-corrected chi connectivity index (χ2v) is 5.33. The summed E-state index contributed by atoms with van der Waals surface area (Å²) < 4.78 is 2.49. The van der Waals surface area contributed by atoms with E-state index in [9.17, 15) is 4.79 Å². The molecule has 0 saturated carbocycles. The number of para-hydroxylation sites is 1. The number of rotatable bonds is 5. The van der Waals surface area contributed by atoms with Gasteiger partial charge in [0, 0.05) is 26.1 Å². The number of amides is 1. The summed E-state index contributed by atoms with van der Waals surface area (Å²) in [4.78, 5) is 17.0. The summed E-state index contributed by atoms with van der Waals surface area (Å²) in [5.74, 6) is 0.137. The highest BCUT2D eigenvalue weighted by Crippen LogP contribution is 2.23. The van der Waals surface area contributed by atoms with Crippen LogP contribution in [0.3, 0.4) is 0 Å². The Kier molecular flexibility index (Phi) is 4.83. The van der Waals surface area contributed by atoms with Crippen LogP contribution in [-0.2, 0) is 11.3 Å². The molecule has 0 bridgehead atoms. The van der Waals surface area contributed by atoms with Crippen molar-refractivity contribution in [1.29, 1.82) is 0 Å². The summed E-state index contributed by atoms with van der Waals surface area (Å²) in [5.41, 5.74) is 1.77. The van der Waals surface area contributed by atoms with Crippen LogP contribution in [0.5, 0.6) is 0 Å². The summed E-state index contributed by atoms with van der Waals surface area (Å²) >= 11 is 11.5. The van der Waals surface area contributed by atoms with Crippen LogP contribution in [0, 0.1) is 4.77 Å². The molecule has 1 N–H and O–H groups in total. The number of benzene rings is 1. The first kappa shape index (κ1) is 15.1. The maximum atomic E-state index is 12.1. The first-order valence-electron chi connectivity index (χ1n) is 6.73. The van der Waals surface area contributed by atoms with Crippen LogP contribution in [0.25, 0.3) is 11.0 Å². The molecule has 108 valence electrons. The van der Waals surface area contributed by atoms with Gasteiger partial charge in [-0.1, -0.05) is 17.7 Å². The average Bonchev–Trinajstić information content (AvgIpc) is 2.75. The first-order valence-corrected chi connectivity index (χ1v) is 7.51. The number of carbonyl (C=O) groups is 1. The molecule has 1 aromatic carbocycles. The van der Waals surface area contributed by atoms with Crippen LogP contribution in [0.15, 0.2) is 18.2 Å². The Morgan fingerprint density at radius 2 is 2.10 bits per heavy atom. The van der Waals surface area contributed by atoms with E-state index < -0.39 is 0 Å². The Morgan fingerprint density at radius 3 is 2.75 bits per heavy atom. The van der Waals surface area contributed by atoms with Gasteiger partial charge in [-0.3, -0.25) is 4.79 Å². The van der Waals surface area contributed by atoms with Crippen molar-refractivity contribution in [2.45, 2.75) is 26.8 Å². The lowest BCUT2D eigenvalue weighted by molar-refractivity contribution is -0.131. The second kappa shape index (κ2) is 6.41. The molecule has 1 aromatic heterocycles. The van der Waals surface area contributed by atoms with Crippen molar-refractivity contribution in [2.75, 3.05) is 13.1 Å². The number of aryl methyl sites for hydroxylation is 1. The zero-order valence-electron chi connectivity index (χ0n) is 11.6. The number of halogens is 1. The van der Waals surface area contributed by atoms with Crippen LogP contribution in [0.4, 0.5) is 0 Å². The van der Waals surface area contributed by atoms with Gasteiger partial charge in [0.2, 0.25) is 5.91 Å². The number of fused-ring (bicyclic) bond motifs is 1. The first-order chi connectivity index (χ1) is 9.58. The van der Waals surface area contributed by atoms with Crippen LogP contribution >= 0.6 is 23.8 Å². The molecule has 20 heavy (non-hydrogen) atoms. The SMILES string of the molecule is CCN(CC)C(=O)CCn1c(=S)[nH]c2cccc(Cl)c21. The molecule has 2 rings (SSSR count). The minimum atomic E-state index is 0.137. The van der Waals surface area contributed by atoms with Crippen molar-refractivity contribution in [3.63, 3.8) is 0 Å². The monoisotopic (exact) mass is 311 g/mol. The van der Waals surface area contributed by atoms with E-state index in [0.717, 1.165) is 24.1 Å². The molecule has 0 spiro atoms. The minimum Gasteiger partial charge on any atom is -0.343 e. The molecule has 0 aliphatic rings. The Bertz CT molecular complexity index is 673. The number of aromatic amines is 1. The molecular formula is C14H18ClN3OS. The van der Waals surface area contributed by atoms with E-state index in [1.54, 1.807) is 0 Å². The third kappa shape index (κ3) is 2.88. The maximum Gasteiger partial charge on any atom is 0.224 e. The zero-order chi connectivity index (χ0) is 14.7. The molecule has 0 aliphatic carbocycles. The largest absolute Gasteiger partial charge is 0.343 e. The predicted molar refractivity (Wildman–Crippen MR) is 84.7 cm³/mol. The molecule has 0 unspecified atom stereocenters. The third-order valence-corrected chi connectivity index (χ3v) is 4.04. The molecule has 2 aromatic rings. The summed E-state index contributed by atoms with van der Waals surface area (Å²) in [6.07, 6.45) is 0.425. The number of nitrogens with one attached hydrogen (secondary N) is 1. The fraction of sp³-hybridized carbons (Fsp3) is 0.429. The molecular weight excluding hydrogens is 294 g/mol. The van der Waals surface area contributed by atoms with Crippen LogP contribution < -0.4 is 0 Å². The smallest absolute Gasteiger partial charge is 0.224 e. The van der Waals surface area contributed by atoms with Gasteiger partial charge in [-0.15, -0.1) is 0 Å². The summed E-state index contributed by atoms with van der Waals surface area (Å²) in [7, 11) is 0. The molecule has 0 saturated heterocycles. The number of imidazole rings is 1. The number of nitrogens with zero attached hydrogens (tertiary/aromatic N) is 2. The van der Waals surface area contributed by atoms with Crippen molar-refractivity contribution < 1.29 is 4.79 Å². The van der Waals surface area contributed by atoms with E-state index in [-0.39, 0.29) is 5.91 Å². The highest BCUT2D eigenvalue weighted by molar-refractivity contribution is 7.71. The Balaban J connectivity index is 2.24. The van der Waals surface area contributed by atoms with Crippen LogP contribution in [0.2, 0.25) is 5.02 Å². The molecule has 0 radical (unpaired) electrons. The van der Waals surface area contributed by atoms with Gasteiger partial charge >= 0.3 is 0 Å². The third-order valence-electron chi connectivity index (χ3n) is 3.41. The lowest BCUT2D eigenvalue weighted by Gasteiger charge is -2.18. The Morgan fingerprint density at radius 1 is 1.40 bits per heavy atom. The highest BCUT2D eigenvalue weighted by atomic mass is 35.5. The van der Waals surface area contributed by atoms with E-state index in [2.05, 4.69) is 4.98 Å². The highest BCUT2D eigenvalue weighted by Gasteiger charge is 2.12. The number of hydrogen-bond acceptors (Lipinski definition) is 2. The lowest BCUT2D eigenvalue weighted by Crippen LogP contribution is -2.31. The summed E-state index contributed by atoms with van der Waals surface area (Å²) in [5, 5.41) is 0.644. The van der Waals surface area contributed by atoms with Crippen molar-refractivity contribution in [3.05, 3.63) is 28.0 Å². The van der Waals surface area contributed by atoms with E-state index in [0.29, 0.717) is 22.8 Å². The Hall–Kier alpha value is -1.33. The zero-order valence-corrected chi connectivity index (χ0v) is 13.2. The van der Waals surface area contributed by atoms with Crippen molar-refractivity contribution in [1.82, 2.24) is 14.5 Å². The van der Waals surface area contributed by atoms with Crippen molar-refractivity contribution >= 4 is 40.8 Å². The van der Waals surface area contributed by atoms with E-state index in [1.807, 2.05) is 41.5 Å². The number of carbonyl (C=O) groups excluding carboxylic acids is 1. The van der Waals surface area contributed by atoms with Gasteiger partial charge in [-0.25, -0.2) is 0 Å². The normalized spacial score (nSPS) is 10.9. The summed E-state index contributed by atoms with van der Waals surface area (Å²) in [6, 6.07) is 5.64. The number of aromatic nitrogens is 2. The molecule has 1 heterocycles. The molecule has 1 amide bonds. The molecule has 0 fully saturated rings. The van der Waals surface area contributed by atoms with Gasteiger partial charge in [-0.2, -0.15) is 0 Å². The van der Waals surface area contributed by atoms with Gasteiger partial charge in [-0.05, 0) is 38.2 Å². The number of H-pyrrole nitrogens is 1. The van der Waals surface area contributed by atoms with Gasteiger partial charge < -0.3 is 14.5 Å². The average molecular weight is 312 g/mol. The topological polar surface area (TPSA) is 41.0 Å². The fourth-order valence-corrected chi connectivity index (χ4v) is 2.90. The molecule has 0 atom stereocenters. The van der Waals surface area contributed by atoms with E-state index >= 15 is 0 Å². The maximum absolute atomic E-state index is 12.1. The minimum absolute atomic E-state index is 0.137. The Labute approximate surface area is 128 Å². The van der Waals surface area contributed by atoms with Gasteiger partial charge in [0.1, 0.15) is 0 Å². The van der Waals surface area contributed by atoms with Crippen molar-refractivity contribution in [3.8, 4) is 0 Å². The van der Waals surface area contributed by atoms with Gasteiger partial charge in [0.25, 0.3) is 0 Å². The molecule has 6 heteroatoms. The standard InChI is InChI=1S/C14H18ClN3OS/c1-3-17(4-2)12(19)8-9-18-13-10(15)6-5-7-11(13)16-14(18)20/h5-7H,3-4,8-9H2,1-2H3,(H,16,20). The molecule has 0 aliphatic heterocycles. The van der Waals surface area contributed by atoms with Gasteiger partial charge in [0.05, 0.1) is 16.1 Å². The predicted octanol–water partition coefficient (Wildman–Crippen LogP) is 3.61. The van der Waals surface area contributed by atoms with Gasteiger partial charge in [0.15, 0.2) is 4.77 Å². The van der Waals surface area contributed by atoms with Crippen LogP contribution in [0.1, 0.15) is 20.3 Å². The van der Waals surface area contributed by atoms with Crippen LogP contribution in [-0.4, -0.2) is 33.4 Å². The second-order valence-electron chi connectivity index (χ2n) is 4.53. The van der Waals surface area contributed by atoms with Crippen molar-refractivity contribution in [2.24, 2.45) is 0 Å². The quantitative estimate of drug-likeness (QED) is 0.857.